The van der Waals surface area contributed by atoms with Crippen molar-refractivity contribution in [3.63, 3.8) is 0 Å². The van der Waals surface area contributed by atoms with Crippen LogP contribution in [0, 0.1) is 0 Å². The van der Waals surface area contributed by atoms with Crippen LogP contribution in [0.15, 0.2) is 72.8 Å². The number of hydrogen-bond acceptors (Lipinski definition) is 6. The number of hydrogen-bond donors (Lipinski definition) is 0. The Bertz CT molecular complexity index is 1150. The van der Waals surface area contributed by atoms with Gasteiger partial charge in [0.05, 0.1) is 13.2 Å². The summed E-state index contributed by atoms with van der Waals surface area (Å²) in [6.45, 7) is 0.371. The van der Waals surface area contributed by atoms with Gasteiger partial charge < -0.3 is 28.4 Å². The SMILES string of the molecule is Clc1ccccc1C1OC[C@@H]2OC(c3ccccc3Cl)O[C@H]2[C@@H]2OC(c3ccccc3Cl)O[C@@H]2CO1. The van der Waals surface area contributed by atoms with Crippen molar-refractivity contribution in [2.75, 3.05) is 13.2 Å². The quantitative estimate of drug-likeness (QED) is 0.364. The van der Waals surface area contributed by atoms with E-state index in [-0.39, 0.29) is 13.2 Å². The summed E-state index contributed by atoms with van der Waals surface area (Å²) in [5.41, 5.74) is 2.19. The standard InChI is InChI=1S/C27H23Cl3O6/c28-18-10-4-1-7-15(18)25-31-13-21-23(35-26(33-21)16-8-2-5-11-19(16)29)24-22(14-32-25)34-27(36-24)17-9-3-6-12-20(17)30/h1-12,21-27H,13-14H2/t21-,22+,23-,24-,25?,26?,27?/m1/s1. The fraction of sp³-hybridized carbons (Fsp3) is 0.333. The van der Waals surface area contributed by atoms with E-state index in [0.717, 1.165) is 16.7 Å². The van der Waals surface area contributed by atoms with E-state index >= 15 is 0 Å². The Balaban J connectivity index is 1.32. The molecule has 3 aliphatic rings. The molecule has 3 fully saturated rings. The Kier molecular flexibility index (Phi) is 7.23. The normalized spacial score (nSPS) is 32.2. The summed E-state index contributed by atoms with van der Waals surface area (Å²) in [6, 6.07) is 22.3. The second-order valence-electron chi connectivity index (χ2n) is 8.78. The summed E-state index contributed by atoms with van der Waals surface area (Å²) in [4.78, 5) is 0. The minimum Gasteiger partial charge on any atom is -0.346 e. The molecule has 0 aromatic heterocycles. The Hall–Kier alpha value is -1.71. The van der Waals surface area contributed by atoms with Crippen molar-refractivity contribution in [1.29, 1.82) is 0 Å². The smallest absolute Gasteiger partial charge is 0.186 e. The van der Waals surface area contributed by atoms with Crippen molar-refractivity contribution in [2.45, 2.75) is 43.3 Å². The molecule has 0 saturated carbocycles. The third-order valence-corrected chi connectivity index (χ3v) is 7.55. The summed E-state index contributed by atoms with van der Waals surface area (Å²) in [5, 5.41) is 1.66. The second kappa shape index (κ2) is 10.6. The fourth-order valence-corrected chi connectivity index (χ4v) is 5.40. The lowest BCUT2D eigenvalue weighted by molar-refractivity contribution is -0.180. The molecule has 3 aromatic carbocycles. The first-order chi connectivity index (χ1) is 17.6. The maximum atomic E-state index is 6.46. The van der Waals surface area contributed by atoms with E-state index in [1.165, 1.54) is 0 Å². The van der Waals surface area contributed by atoms with Crippen molar-refractivity contribution >= 4 is 34.8 Å². The monoisotopic (exact) mass is 548 g/mol. The molecule has 3 aromatic rings. The molecule has 0 spiro atoms. The molecule has 3 saturated heterocycles. The summed E-state index contributed by atoms with van der Waals surface area (Å²) in [6.07, 6.45) is -4.03. The first kappa shape index (κ1) is 24.6. The largest absolute Gasteiger partial charge is 0.346 e. The predicted molar refractivity (Wildman–Crippen MR) is 134 cm³/mol. The van der Waals surface area contributed by atoms with Crippen LogP contribution in [0.5, 0.6) is 0 Å². The van der Waals surface area contributed by atoms with E-state index in [2.05, 4.69) is 0 Å². The summed E-state index contributed by atoms with van der Waals surface area (Å²) in [5.74, 6) is 0. The van der Waals surface area contributed by atoms with Gasteiger partial charge in [-0.15, -0.1) is 0 Å². The van der Waals surface area contributed by atoms with Crippen molar-refractivity contribution in [3.05, 3.63) is 105 Å². The number of ether oxygens (including phenoxy) is 6. The number of benzene rings is 3. The molecule has 36 heavy (non-hydrogen) atoms. The van der Waals surface area contributed by atoms with Crippen molar-refractivity contribution in [2.24, 2.45) is 0 Å². The lowest BCUT2D eigenvalue weighted by Crippen LogP contribution is -2.43. The third kappa shape index (κ3) is 4.78. The van der Waals surface area contributed by atoms with Crippen LogP contribution in [0.25, 0.3) is 0 Å². The maximum absolute atomic E-state index is 6.46. The maximum Gasteiger partial charge on any atom is 0.186 e. The van der Waals surface area contributed by atoms with Crippen LogP contribution in [0.1, 0.15) is 35.6 Å². The van der Waals surface area contributed by atoms with Gasteiger partial charge in [-0.05, 0) is 18.2 Å². The van der Waals surface area contributed by atoms with E-state index in [4.69, 9.17) is 63.2 Å². The molecule has 3 aliphatic heterocycles. The Labute approximate surface area is 223 Å². The van der Waals surface area contributed by atoms with Gasteiger partial charge >= 0.3 is 0 Å². The van der Waals surface area contributed by atoms with Gasteiger partial charge in [0, 0.05) is 31.8 Å². The van der Waals surface area contributed by atoms with Crippen LogP contribution in [0.4, 0.5) is 0 Å². The summed E-state index contributed by atoms with van der Waals surface area (Å²) >= 11 is 19.4. The van der Waals surface area contributed by atoms with Gasteiger partial charge in [0.1, 0.15) is 24.4 Å². The van der Waals surface area contributed by atoms with Gasteiger partial charge in [-0.3, -0.25) is 0 Å². The van der Waals surface area contributed by atoms with Crippen LogP contribution in [-0.2, 0) is 28.4 Å². The van der Waals surface area contributed by atoms with Gasteiger partial charge in [0.25, 0.3) is 0 Å². The molecule has 7 atom stereocenters. The van der Waals surface area contributed by atoms with Crippen molar-refractivity contribution < 1.29 is 28.4 Å². The van der Waals surface area contributed by atoms with E-state index in [1.807, 2.05) is 54.6 Å². The molecular weight excluding hydrogens is 527 g/mol. The molecule has 0 aliphatic carbocycles. The van der Waals surface area contributed by atoms with E-state index in [9.17, 15) is 0 Å². The molecule has 3 unspecified atom stereocenters. The van der Waals surface area contributed by atoms with Gasteiger partial charge in [0.2, 0.25) is 0 Å². The molecule has 0 N–H and O–H groups in total. The Morgan fingerprint density at radius 3 is 1.22 bits per heavy atom. The predicted octanol–water partition coefficient (Wildman–Crippen LogP) is 6.66. The topological polar surface area (TPSA) is 55.4 Å². The molecule has 0 bridgehead atoms. The average Bonchev–Trinajstić information content (AvgIpc) is 3.50. The molecule has 0 amide bonds. The van der Waals surface area contributed by atoms with Gasteiger partial charge in [-0.1, -0.05) is 89.4 Å². The number of fused-ring (bicyclic) bond motifs is 3. The van der Waals surface area contributed by atoms with Gasteiger partial charge in [-0.25, -0.2) is 0 Å². The Morgan fingerprint density at radius 1 is 0.472 bits per heavy atom. The van der Waals surface area contributed by atoms with Crippen molar-refractivity contribution in [1.82, 2.24) is 0 Å². The zero-order valence-electron chi connectivity index (χ0n) is 19.0. The molecule has 9 heteroatoms. The van der Waals surface area contributed by atoms with Gasteiger partial charge in [-0.2, -0.15) is 0 Å². The molecule has 0 radical (unpaired) electrons. The van der Waals surface area contributed by atoms with E-state index in [1.54, 1.807) is 18.2 Å². The zero-order valence-corrected chi connectivity index (χ0v) is 21.2. The van der Waals surface area contributed by atoms with Crippen LogP contribution >= 0.6 is 34.8 Å². The first-order valence-electron chi connectivity index (χ1n) is 11.7. The minimum atomic E-state index is -0.718. The fourth-order valence-electron chi connectivity index (χ4n) is 4.73. The highest BCUT2D eigenvalue weighted by Crippen LogP contribution is 2.44. The highest BCUT2D eigenvalue weighted by atomic mass is 35.5. The molecule has 188 valence electrons. The molecule has 3 heterocycles. The summed E-state index contributed by atoms with van der Waals surface area (Å²) < 4.78 is 37.8. The lowest BCUT2D eigenvalue weighted by Gasteiger charge is -2.23. The van der Waals surface area contributed by atoms with Crippen molar-refractivity contribution in [3.8, 4) is 0 Å². The van der Waals surface area contributed by atoms with Crippen LogP contribution in [0.3, 0.4) is 0 Å². The number of halogens is 3. The second-order valence-corrected chi connectivity index (χ2v) is 10.00. The Morgan fingerprint density at radius 2 is 0.833 bits per heavy atom. The third-order valence-electron chi connectivity index (χ3n) is 6.52. The van der Waals surface area contributed by atoms with E-state index < -0.39 is 43.3 Å². The highest BCUT2D eigenvalue weighted by molar-refractivity contribution is 6.32. The summed E-state index contributed by atoms with van der Waals surface area (Å²) in [7, 11) is 0. The van der Waals surface area contributed by atoms with Gasteiger partial charge in [0.15, 0.2) is 18.9 Å². The van der Waals surface area contributed by atoms with Crippen LogP contribution in [0.2, 0.25) is 15.1 Å². The molecule has 6 nitrogen and oxygen atoms in total. The molecular formula is C27H23Cl3O6. The van der Waals surface area contributed by atoms with E-state index in [0.29, 0.717) is 15.1 Å². The minimum absolute atomic E-state index is 0.185. The zero-order chi connectivity index (χ0) is 24.6. The number of rotatable bonds is 3. The van der Waals surface area contributed by atoms with Crippen LogP contribution < -0.4 is 0 Å². The van der Waals surface area contributed by atoms with Crippen LogP contribution in [-0.4, -0.2) is 37.6 Å². The highest BCUT2D eigenvalue weighted by Gasteiger charge is 2.52. The molecule has 6 rings (SSSR count). The average molecular weight is 550 g/mol. The lowest BCUT2D eigenvalue weighted by atomic mass is 10.0. The first-order valence-corrected chi connectivity index (χ1v) is 12.8.